The van der Waals surface area contributed by atoms with E-state index in [2.05, 4.69) is 0 Å². The lowest BCUT2D eigenvalue weighted by Crippen LogP contribution is -1.67. The Balaban J connectivity index is 0.000000414. The molecule has 0 aliphatic carbocycles. The van der Waals surface area contributed by atoms with Gasteiger partial charge >= 0.3 is 0 Å². The maximum absolute atomic E-state index is 8.35. The largest absolute Gasteiger partial charge is 0.231 e. The van der Waals surface area contributed by atoms with Crippen molar-refractivity contribution in [3.8, 4) is 0 Å². The zero-order chi connectivity index (χ0) is 14.0. The van der Waals surface area contributed by atoms with E-state index in [4.69, 9.17) is 23.1 Å². The summed E-state index contributed by atoms with van der Waals surface area (Å²) >= 11 is 0. The third-order valence-electron chi connectivity index (χ3n) is 1.49. The Bertz CT molecular complexity index is 534. The van der Waals surface area contributed by atoms with Gasteiger partial charge in [-0.25, -0.2) is 20.4 Å². The minimum Gasteiger partial charge on any atom is -0.222 e. The van der Waals surface area contributed by atoms with E-state index in [0.717, 1.165) is 22.9 Å². The molecule has 2 aromatic carbocycles. The minimum absolute atomic E-state index is 0.488. The van der Waals surface area contributed by atoms with Gasteiger partial charge in [-0.1, -0.05) is 48.5 Å². The first-order valence-electron chi connectivity index (χ1n) is 5.15. The van der Waals surface area contributed by atoms with Crippen molar-refractivity contribution in [3.63, 3.8) is 0 Å². The first-order valence-corrected chi connectivity index (χ1v) is 4.15. The molecule has 0 amide bonds. The van der Waals surface area contributed by atoms with E-state index in [-0.39, 0.29) is 0 Å². The molecule has 0 aromatic heterocycles. The minimum atomic E-state index is 0.488. The molecule has 4 nitrogen and oxygen atoms in total. The van der Waals surface area contributed by atoms with Crippen molar-refractivity contribution in [1.82, 2.24) is 0 Å². The van der Waals surface area contributed by atoms with E-state index in [1.807, 2.05) is 24.3 Å². The molecule has 0 unspecified atom stereocenters. The average molecular weight is 216 g/mol. The van der Waals surface area contributed by atoms with Gasteiger partial charge < -0.3 is 0 Å². The van der Waals surface area contributed by atoms with Crippen LogP contribution in [0.1, 0.15) is 2.74 Å². The van der Waals surface area contributed by atoms with E-state index < -0.39 is 0 Å². The van der Waals surface area contributed by atoms with Gasteiger partial charge in [0.2, 0.25) is 12.2 Å². The van der Waals surface area contributed by atoms with Gasteiger partial charge in [-0.2, -0.15) is 0 Å². The molecular formula is C12H10N2O2. The topological polar surface area (TPSA) is 81.8 Å². The van der Waals surface area contributed by atoms with E-state index in [0.29, 0.717) is 12.1 Å². The first-order chi connectivity index (χ1) is 8.62. The molecule has 0 fully saturated rings. The Hall–Kier alpha value is -2.54. The van der Waals surface area contributed by atoms with Crippen molar-refractivity contribution in [2.75, 3.05) is 0 Å². The number of benzene rings is 2. The predicted octanol–water partition coefficient (Wildman–Crippen LogP) is 2.64. The Labute approximate surface area is 95.4 Å². The smallest absolute Gasteiger partial charge is 0.222 e. The maximum Gasteiger partial charge on any atom is 0.231 e. The van der Waals surface area contributed by atoms with Crippen LogP contribution in [0.15, 0.2) is 48.5 Å². The molecule has 4 heteroatoms. The summed E-state index contributed by atoms with van der Waals surface area (Å²) in [6.07, 6.45) is 1.50. The summed E-state index contributed by atoms with van der Waals surface area (Å²) < 4.78 is 15.2. The molecule has 2 rings (SSSR count). The molecular weight excluding hydrogens is 204 g/mol. The van der Waals surface area contributed by atoms with E-state index >= 15 is 0 Å². The fraction of sp³-hybridized carbons (Fsp3) is 0. The van der Waals surface area contributed by atoms with Crippen molar-refractivity contribution in [3.05, 3.63) is 48.5 Å². The second kappa shape index (κ2) is 9.03. The number of hydrogen-bond donors (Lipinski definition) is 2. The Morgan fingerprint density at radius 3 is 1.50 bits per heavy atom. The standard InChI is InChI=1S/C10H8.2CHNO/c1-2-6-10-8-4-3-7-9(10)5-1;2*2-1-3/h1-8H;2*2H/i5D,8D;;. The quantitative estimate of drug-likeness (QED) is 0.524. The van der Waals surface area contributed by atoms with Crippen molar-refractivity contribution in [2.24, 2.45) is 0 Å². The van der Waals surface area contributed by atoms with E-state index in [9.17, 15) is 0 Å². The predicted molar refractivity (Wildman–Crippen MR) is 60.8 cm³/mol. The number of fused-ring (bicyclic) bond motifs is 1. The van der Waals surface area contributed by atoms with Crippen LogP contribution in [0.3, 0.4) is 0 Å². The fourth-order valence-corrected chi connectivity index (χ4v) is 0.996. The lowest BCUT2D eigenvalue weighted by Gasteiger charge is -1.92. The Kier molecular flexibility index (Phi) is 5.64. The van der Waals surface area contributed by atoms with Gasteiger partial charge in [0.1, 0.15) is 0 Å². The second-order valence-electron chi connectivity index (χ2n) is 2.37. The molecule has 2 aromatic rings. The number of isocyanates is 2. The van der Waals surface area contributed by atoms with Crippen LogP contribution in [0.5, 0.6) is 0 Å². The van der Waals surface area contributed by atoms with Crippen LogP contribution in [0, 0.1) is 10.8 Å². The molecule has 0 heterocycles. The summed E-state index contributed by atoms with van der Waals surface area (Å²) in [7, 11) is 0. The molecule has 0 spiro atoms. The number of carbonyl (C=O) groups excluding carboxylic acids is 2. The third kappa shape index (κ3) is 5.25. The Morgan fingerprint density at radius 2 is 1.19 bits per heavy atom. The summed E-state index contributed by atoms with van der Waals surface area (Å²) in [4.78, 5) is 16.7. The third-order valence-corrected chi connectivity index (χ3v) is 1.49. The fourth-order valence-electron chi connectivity index (χ4n) is 0.996. The van der Waals surface area contributed by atoms with Gasteiger partial charge in [0.25, 0.3) is 0 Å². The van der Waals surface area contributed by atoms with E-state index in [1.165, 1.54) is 0 Å². The number of rotatable bonds is 0. The highest BCUT2D eigenvalue weighted by molar-refractivity contribution is 5.81. The SMILES string of the molecule is N=C=O.N=C=O.[2H]c1cccc2c([2H])cccc12. The lowest BCUT2D eigenvalue weighted by atomic mass is 10.1. The van der Waals surface area contributed by atoms with Crippen LogP contribution in [0.25, 0.3) is 10.8 Å². The number of nitrogens with one attached hydrogen (secondary N) is 2. The van der Waals surface area contributed by atoms with E-state index in [1.54, 1.807) is 12.1 Å². The summed E-state index contributed by atoms with van der Waals surface area (Å²) in [5.74, 6) is 0. The van der Waals surface area contributed by atoms with Gasteiger partial charge in [0, 0.05) is 0 Å². The van der Waals surface area contributed by atoms with Crippen LogP contribution in [0.2, 0.25) is 0 Å². The molecule has 0 radical (unpaired) electrons. The van der Waals surface area contributed by atoms with Crippen molar-refractivity contribution < 1.29 is 12.3 Å². The van der Waals surface area contributed by atoms with Crippen molar-refractivity contribution in [2.45, 2.75) is 0 Å². The molecule has 0 aliphatic heterocycles. The molecule has 80 valence electrons. The van der Waals surface area contributed by atoms with Crippen LogP contribution in [0.4, 0.5) is 0 Å². The van der Waals surface area contributed by atoms with Crippen LogP contribution in [-0.4, -0.2) is 12.2 Å². The number of hydrogen-bond acceptors (Lipinski definition) is 4. The van der Waals surface area contributed by atoms with Crippen molar-refractivity contribution in [1.29, 1.82) is 10.8 Å². The summed E-state index contributed by atoms with van der Waals surface area (Å²) in [6.45, 7) is 0. The second-order valence-corrected chi connectivity index (χ2v) is 2.37. The molecule has 0 aliphatic rings. The van der Waals surface area contributed by atoms with Gasteiger partial charge in [-0.05, 0) is 10.8 Å². The zero-order valence-electron chi connectivity index (χ0n) is 10.3. The highest BCUT2D eigenvalue weighted by Gasteiger charge is 1.85. The first kappa shape index (κ1) is 9.99. The zero-order valence-corrected chi connectivity index (χ0v) is 8.28. The summed E-state index contributed by atoms with van der Waals surface area (Å²) in [5, 5.41) is 12.5. The highest BCUT2D eigenvalue weighted by Crippen LogP contribution is 2.11. The summed E-state index contributed by atoms with van der Waals surface area (Å²) in [6, 6.07) is 11.8. The van der Waals surface area contributed by atoms with Crippen LogP contribution >= 0.6 is 0 Å². The summed E-state index contributed by atoms with van der Waals surface area (Å²) in [5.41, 5.74) is 0. The maximum atomic E-state index is 8.35. The molecule has 0 saturated carbocycles. The molecule has 16 heavy (non-hydrogen) atoms. The molecule has 0 saturated heterocycles. The molecule has 2 N–H and O–H groups in total. The van der Waals surface area contributed by atoms with Crippen LogP contribution in [-0.2, 0) is 9.59 Å². The van der Waals surface area contributed by atoms with Gasteiger partial charge in [0.15, 0.2) is 0 Å². The molecule has 0 bridgehead atoms. The molecule has 0 atom stereocenters. The van der Waals surface area contributed by atoms with Crippen molar-refractivity contribution >= 4 is 22.9 Å². The van der Waals surface area contributed by atoms with Gasteiger partial charge in [0.05, 0.1) is 2.74 Å². The van der Waals surface area contributed by atoms with Crippen LogP contribution < -0.4 is 0 Å². The Morgan fingerprint density at radius 1 is 0.875 bits per heavy atom. The van der Waals surface area contributed by atoms with Gasteiger partial charge in [-0.15, -0.1) is 0 Å². The monoisotopic (exact) mass is 216 g/mol. The average Bonchev–Trinajstić information content (AvgIpc) is 2.33. The van der Waals surface area contributed by atoms with Gasteiger partial charge in [-0.3, -0.25) is 0 Å². The normalized spacial score (nSPS) is 9.00. The lowest BCUT2D eigenvalue weighted by molar-refractivity contribution is 0.562. The highest BCUT2D eigenvalue weighted by atomic mass is 16.1.